The van der Waals surface area contributed by atoms with Crippen LogP contribution in [0.15, 0.2) is 24.3 Å². The normalized spacial score (nSPS) is 38.2. The highest BCUT2D eigenvalue weighted by molar-refractivity contribution is 14.1. The van der Waals surface area contributed by atoms with Crippen LogP contribution in [0, 0.1) is 14.5 Å². The first-order valence-electron chi connectivity index (χ1n) is 9.00. The lowest BCUT2D eigenvalue weighted by atomic mass is 9.62. The minimum atomic E-state index is -0.235. The maximum absolute atomic E-state index is 12.9. The van der Waals surface area contributed by atoms with Gasteiger partial charge in [0.05, 0.1) is 29.6 Å². The van der Waals surface area contributed by atoms with E-state index in [-0.39, 0.29) is 17.0 Å². The number of ether oxygens (including phenoxy) is 1. The second-order valence-corrected chi connectivity index (χ2v) is 9.58. The number of ketones is 1. The van der Waals surface area contributed by atoms with Crippen LogP contribution in [-0.4, -0.2) is 53.9 Å². The van der Waals surface area contributed by atoms with E-state index in [0.29, 0.717) is 5.78 Å². The van der Waals surface area contributed by atoms with E-state index in [2.05, 4.69) is 58.4 Å². The number of piperidine rings is 2. The number of Topliss-reactive ketones (excluding diaryl/α,β-unsaturated/α-hetero) is 1. The second kappa shape index (κ2) is 5.39. The lowest BCUT2D eigenvalue weighted by Crippen LogP contribution is -2.75. The van der Waals surface area contributed by atoms with Gasteiger partial charge in [-0.2, -0.15) is 0 Å². The zero-order chi connectivity index (χ0) is 18.3. The third-order valence-electron chi connectivity index (χ3n) is 6.28. The van der Waals surface area contributed by atoms with Gasteiger partial charge in [-0.15, -0.1) is 0 Å². The fourth-order valence-electron chi connectivity index (χ4n) is 5.45. The van der Waals surface area contributed by atoms with Crippen LogP contribution in [-0.2, 0) is 4.79 Å². The average Bonchev–Trinajstić information content (AvgIpc) is 2.58. The Labute approximate surface area is 166 Å². The average molecular weight is 463 g/mol. The van der Waals surface area contributed by atoms with E-state index in [0.717, 1.165) is 46.5 Å². The van der Waals surface area contributed by atoms with Crippen LogP contribution >= 0.6 is 22.6 Å². The van der Waals surface area contributed by atoms with Gasteiger partial charge < -0.3 is 4.74 Å². The third kappa shape index (κ3) is 2.21. The van der Waals surface area contributed by atoms with Gasteiger partial charge in [0.1, 0.15) is 15.2 Å². The van der Waals surface area contributed by atoms with Crippen LogP contribution in [0.2, 0.25) is 0 Å². The van der Waals surface area contributed by atoms with E-state index in [4.69, 9.17) is 9.72 Å². The molecule has 4 fully saturated rings. The van der Waals surface area contributed by atoms with Crippen molar-refractivity contribution in [2.75, 3.05) is 33.3 Å². The van der Waals surface area contributed by atoms with Gasteiger partial charge in [-0.05, 0) is 46.9 Å². The van der Waals surface area contributed by atoms with Crippen molar-refractivity contribution in [1.29, 1.82) is 0 Å². The Hall–Kier alpha value is -1.25. The number of benzene rings is 1. The molecule has 0 aliphatic carbocycles. The largest absolute Gasteiger partial charge is 0.497 e. The Morgan fingerprint density at radius 3 is 2.31 bits per heavy atom. The summed E-state index contributed by atoms with van der Waals surface area (Å²) in [6.45, 7) is 7.64. The van der Waals surface area contributed by atoms with Gasteiger partial charge in [0.2, 0.25) is 0 Å². The fraction of sp³-hybridized carbons (Fsp3) is 0.500. The van der Waals surface area contributed by atoms with Crippen molar-refractivity contribution in [2.24, 2.45) is 10.8 Å². The molecular formula is C20H22IN3O2. The molecular weight excluding hydrogens is 441 g/mol. The minimum Gasteiger partial charge on any atom is -0.497 e. The molecule has 4 bridgehead atoms. The van der Waals surface area contributed by atoms with Crippen LogP contribution in [0.5, 0.6) is 5.75 Å². The Kier molecular flexibility index (Phi) is 3.50. The summed E-state index contributed by atoms with van der Waals surface area (Å²) in [7, 11) is 1.69. The van der Waals surface area contributed by atoms with Crippen molar-refractivity contribution in [2.45, 2.75) is 20.0 Å². The number of hydrogen-bond acceptors (Lipinski definition) is 5. The van der Waals surface area contributed by atoms with Gasteiger partial charge in [0, 0.05) is 37.1 Å². The maximum atomic E-state index is 12.9. The molecule has 0 spiro atoms. The SMILES string of the molecule is COc1ccc2nc(I)c(C3N4CC5(C)CN3CC(C)(C4)C5=O)cc2c1. The molecule has 0 N–H and O–H groups in total. The first-order valence-corrected chi connectivity index (χ1v) is 10.1. The van der Waals surface area contributed by atoms with Crippen molar-refractivity contribution >= 4 is 39.3 Å². The maximum Gasteiger partial charge on any atom is 0.149 e. The van der Waals surface area contributed by atoms with Gasteiger partial charge in [-0.1, -0.05) is 13.8 Å². The van der Waals surface area contributed by atoms with Gasteiger partial charge in [0.25, 0.3) is 0 Å². The number of hydrogen-bond donors (Lipinski definition) is 0. The molecule has 5 heterocycles. The summed E-state index contributed by atoms with van der Waals surface area (Å²) in [5, 5.41) is 1.10. The number of halogens is 1. The topological polar surface area (TPSA) is 45.7 Å². The number of nitrogens with zero attached hydrogens (tertiary/aromatic N) is 3. The van der Waals surface area contributed by atoms with E-state index in [9.17, 15) is 4.79 Å². The van der Waals surface area contributed by atoms with Gasteiger partial charge in [-0.3, -0.25) is 14.6 Å². The van der Waals surface area contributed by atoms with Crippen LogP contribution in [0.3, 0.4) is 0 Å². The Bertz CT molecular complexity index is 904. The number of rotatable bonds is 2. The Balaban J connectivity index is 1.61. The summed E-state index contributed by atoms with van der Waals surface area (Å²) in [6.07, 6.45) is 0.208. The number of aromatic nitrogens is 1. The van der Waals surface area contributed by atoms with Crippen LogP contribution in [0.1, 0.15) is 25.6 Å². The number of carbonyl (C=O) groups excluding carboxylic acids is 1. The monoisotopic (exact) mass is 463 g/mol. The molecule has 1 aromatic heterocycles. The lowest BCUT2D eigenvalue weighted by molar-refractivity contribution is -0.197. The molecule has 0 amide bonds. The first kappa shape index (κ1) is 16.9. The number of carbonyl (C=O) groups is 1. The van der Waals surface area contributed by atoms with E-state index in [1.807, 2.05) is 12.1 Å². The molecule has 6 rings (SSSR count). The van der Waals surface area contributed by atoms with Crippen molar-refractivity contribution < 1.29 is 9.53 Å². The van der Waals surface area contributed by atoms with Gasteiger partial charge in [0.15, 0.2) is 0 Å². The molecule has 4 aliphatic rings. The van der Waals surface area contributed by atoms with Crippen molar-refractivity contribution in [3.63, 3.8) is 0 Å². The predicted molar refractivity (Wildman–Crippen MR) is 108 cm³/mol. The fourth-order valence-corrected chi connectivity index (χ4v) is 6.14. The van der Waals surface area contributed by atoms with Crippen LogP contribution in [0.25, 0.3) is 10.9 Å². The Morgan fingerprint density at radius 1 is 1.12 bits per heavy atom. The molecule has 136 valence electrons. The standard InChI is InChI=1S/C20H22IN3O2/c1-19-8-23-10-20(2,18(19)25)11-24(9-19)17(23)14-7-12-6-13(26-3)4-5-15(12)22-16(14)21/h4-7,17H,8-11H2,1-3H3. The molecule has 4 aliphatic heterocycles. The van der Waals surface area contributed by atoms with E-state index >= 15 is 0 Å². The Morgan fingerprint density at radius 2 is 1.73 bits per heavy atom. The van der Waals surface area contributed by atoms with Crippen LogP contribution in [0.4, 0.5) is 0 Å². The van der Waals surface area contributed by atoms with Crippen molar-refractivity contribution in [3.8, 4) is 5.75 Å². The number of fused-ring (bicyclic) bond motifs is 1. The smallest absolute Gasteiger partial charge is 0.149 e. The quantitative estimate of drug-likeness (QED) is 0.506. The molecule has 26 heavy (non-hydrogen) atoms. The summed E-state index contributed by atoms with van der Waals surface area (Å²) in [5.41, 5.74) is 1.76. The summed E-state index contributed by atoms with van der Waals surface area (Å²) in [5.74, 6) is 1.30. The summed E-state index contributed by atoms with van der Waals surface area (Å²) in [4.78, 5) is 22.7. The first-order chi connectivity index (χ1) is 12.3. The second-order valence-electron chi connectivity index (χ2n) is 8.56. The molecule has 0 atom stereocenters. The summed E-state index contributed by atoms with van der Waals surface area (Å²) >= 11 is 2.35. The van der Waals surface area contributed by atoms with E-state index in [1.54, 1.807) is 7.11 Å². The molecule has 1 aromatic carbocycles. The molecule has 2 aromatic rings. The predicted octanol–water partition coefficient (Wildman–Crippen LogP) is 3.07. The molecule has 6 heteroatoms. The highest BCUT2D eigenvalue weighted by Gasteiger charge is 2.62. The van der Waals surface area contributed by atoms with Crippen LogP contribution < -0.4 is 4.74 Å². The van der Waals surface area contributed by atoms with E-state index < -0.39 is 0 Å². The highest BCUT2D eigenvalue weighted by atomic mass is 127. The number of pyridine rings is 1. The van der Waals surface area contributed by atoms with E-state index in [1.165, 1.54) is 5.56 Å². The van der Waals surface area contributed by atoms with Gasteiger partial charge >= 0.3 is 0 Å². The van der Waals surface area contributed by atoms with Crippen molar-refractivity contribution in [3.05, 3.63) is 33.5 Å². The summed E-state index contributed by atoms with van der Waals surface area (Å²) in [6, 6.07) is 8.27. The molecule has 5 nitrogen and oxygen atoms in total. The molecule has 4 saturated heterocycles. The lowest BCUT2D eigenvalue weighted by Gasteiger charge is -2.64. The zero-order valence-electron chi connectivity index (χ0n) is 15.3. The third-order valence-corrected chi connectivity index (χ3v) is 7.14. The van der Waals surface area contributed by atoms with Crippen molar-refractivity contribution in [1.82, 2.24) is 14.8 Å². The number of methoxy groups -OCH3 is 1. The molecule has 0 unspecified atom stereocenters. The zero-order valence-corrected chi connectivity index (χ0v) is 17.4. The van der Waals surface area contributed by atoms with Gasteiger partial charge in [-0.25, -0.2) is 4.98 Å². The highest BCUT2D eigenvalue weighted by Crippen LogP contribution is 2.52. The molecule has 0 saturated carbocycles. The molecule has 0 radical (unpaired) electrons. The summed E-state index contributed by atoms with van der Waals surface area (Å²) < 4.78 is 6.42. The minimum absolute atomic E-state index is 0.208.